The standard InChI is InChI=1S/C13H16N2O3/c1-14-5-4-10(13(17)18)8-2-3-11-9(6-8)7-12(16)15-11/h2-3,6,10,14H,4-5,7H2,1H3,(H,15,16)(H,17,18). The molecular weight excluding hydrogens is 232 g/mol. The van der Waals surface area contributed by atoms with E-state index in [1.54, 1.807) is 19.2 Å². The van der Waals surface area contributed by atoms with E-state index < -0.39 is 11.9 Å². The Balaban J connectivity index is 2.24. The van der Waals surface area contributed by atoms with E-state index in [9.17, 15) is 14.7 Å². The lowest BCUT2D eigenvalue weighted by Crippen LogP contribution is -2.18. The summed E-state index contributed by atoms with van der Waals surface area (Å²) in [5, 5.41) is 14.9. The molecule has 18 heavy (non-hydrogen) atoms. The molecule has 1 aromatic carbocycles. The Morgan fingerprint density at radius 1 is 1.56 bits per heavy atom. The summed E-state index contributed by atoms with van der Waals surface area (Å²) in [6.07, 6.45) is 0.869. The molecule has 1 aliphatic heterocycles. The van der Waals surface area contributed by atoms with Gasteiger partial charge in [-0.2, -0.15) is 0 Å². The second-order valence-electron chi connectivity index (χ2n) is 4.42. The molecule has 0 saturated carbocycles. The van der Waals surface area contributed by atoms with Gasteiger partial charge in [-0.25, -0.2) is 0 Å². The van der Waals surface area contributed by atoms with Gasteiger partial charge >= 0.3 is 5.97 Å². The van der Waals surface area contributed by atoms with Crippen LogP contribution in [0.15, 0.2) is 18.2 Å². The van der Waals surface area contributed by atoms with Crippen molar-refractivity contribution in [2.45, 2.75) is 18.8 Å². The molecule has 0 bridgehead atoms. The van der Waals surface area contributed by atoms with Gasteiger partial charge < -0.3 is 15.7 Å². The minimum atomic E-state index is -0.831. The zero-order chi connectivity index (χ0) is 13.1. The van der Waals surface area contributed by atoms with Crippen LogP contribution in [-0.2, 0) is 16.0 Å². The van der Waals surface area contributed by atoms with Gasteiger partial charge in [-0.15, -0.1) is 0 Å². The number of fused-ring (bicyclic) bond motifs is 1. The highest BCUT2D eigenvalue weighted by Crippen LogP contribution is 2.28. The normalized spacial score (nSPS) is 15.1. The van der Waals surface area contributed by atoms with E-state index in [2.05, 4.69) is 10.6 Å². The van der Waals surface area contributed by atoms with Crippen LogP contribution in [0.1, 0.15) is 23.5 Å². The summed E-state index contributed by atoms with van der Waals surface area (Å²) in [7, 11) is 1.80. The van der Waals surface area contributed by atoms with Gasteiger partial charge in [-0.3, -0.25) is 9.59 Å². The lowest BCUT2D eigenvalue weighted by molar-refractivity contribution is -0.139. The Bertz CT molecular complexity index is 485. The Labute approximate surface area is 105 Å². The van der Waals surface area contributed by atoms with Gasteiger partial charge in [-0.05, 0) is 37.2 Å². The monoisotopic (exact) mass is 248 g/mol. The first kappa shape index (κ1) is 12.6. The number of nitrogens with one attached hydrogen (secondary N) is 2. The second kappa shape index (κ2) is 5.18. The van der Waals surface area contributed by atoms with Crippen LogP contribution in [0, 0.1) is 0 Å². The first-order valence-corrected chi connectivity index (χ1v) is 5.92. The second-order valence-corrected chi connectivity index (χ2v) is 4.42. The van der Waals surface area contributed by atoms with Gasteiger partial charge in [0.2, 0.25) is 5.91 Å². The van der Waals surface area contributed by atoms with Crippen molar-refractivity contribution >= 4 is 17.6 Å². The third kappa shape index (κ3) is 2.51. The van der Waals surface area contributed by atoms with E-state index in [0.29, 0.717) is 19.4 Å². The van der Waals surface area contributed by atoms with Crippen molar-refractivity contribution in [1.82, 2.24) is 5.32 Å². The molecule has 0 saturated heterocycles. The van der Waals surface area contributed by atoms with Crippen molar-refractivity contribution in [2.75, 3.05) is 18.9 Å². The highest BCUT2D eigenvalue weighted by Gasteiger charge is 2.23. The molecule has 0 radical (unpaired) electrons. The molecule has 0 spiro atoms. The number of rotatable bonds is 5. The van der Waals surface area contributed by atoms with Gasteiger partial charge in [0.15, 0.2) is 0 Å². The van der Waals surface area contributed by atoms with Crippen molar-refractivity contribution < 1.29 is 14.7 Å². The van der Waals surface area contributed by atoms with Gasteiger partial charge in [0.05, 0.1) is 12.3 Å². The molecule has 1 amide bonds. The number of carboxylic acids is 1. The van der Waals surface area contributed by atoms with Crippen LogP contribution in [0.5, 0.6) is 0 Å². The predicted octanol–water partition coefficient (Wildman–Crippen LogP) is 0.959. The van der Waals surface area contributed by atoms with Gasteiger partial charge in [0.1, 0.15) is 0 Å². The van der Waals surface area contributed by atoms with E-state index in [1.165, 1.54) is 0 Å². The van der Waals surface area contributed by atoms with E-state index in [0.717, 1.165) is 16.8 Å². The molecule has 0 fully saturated rings. The van der Waals surface area contributed by atoms with Crippen molar-refractivity contribution in [3.8, 4) is 0 Å². The number of carboxylic acid groups (broad SMARTS) is 1. The molecule has 0 aromatic heterocycles. The number of carbonyl (C=O) groups is 2. The Morgan fingerprint density at radius 2 is 2.33 bits per heavy atom. The molecule has 5 heteroatoms. The maximum atomic E-state index is 11.3. The van der Waals surface area contributed by atoms with E-state index >= 15 is 0 Å². The summed E-state index contributed by atoms with van der Waals surface area (Å²) in [5.74, 6) is -1.40. The molecule has 1 aliphatic rings. The van der Waals surface area contributed by atoms with Crippen LogP contribution < -0.4 is 10.6 Å². The lowest BCUT2D eigenvalue weighted by Gasteiger charge is -2.13. The third-order valence-corrected chi connectivity index (χ3v) is 3.14. The number of anilines is 1. The summed E-state index contributed by atoms with van der Waals surface area (Å²) in [6.45, 7) is 0.644. The number of benzene rings is 1. The average Bonchev–Trinajstić information content (AvgIpc) is 2.68. The fraction of sp³-hybridized carbons (Fsp3) is 0.385. The average molecular weight is 248 g/mol. The quantitative estimate of drug-likeness (QED) is 0.725. The van der Waals surface area contributed by atoms with Gasteiger partial charge in [-0.1, -0.05) is 12.1 Å². The number of aliphatic carboxylic acids is 1. The Hall–Kier alpha value is -1.88. The van der Waals surface area contributed by atoms with Gasteiger partial charge in [0.25, 0.3) is 0 Å². The van der Waals surface area contributed by atoms with E-state index in [4.69, 9.17) is 0 Å². The summed E-state index contributed by atoms with van der Waals surface area (Å²) in [4.78, 5) is 22.5. The van der Waals surface area contributed by atoms with Crippen LogP contribution in [-0.4, -0.2) is 30.6 Å². The lowest BCUT2D eigenvalue weighted by atomic mass is 9.93. The minimum absolute atomic E-state index is 0.0377. The number of carbonyl (C=O) groups excluding carboxylic acids is 1. The highest BCUT2D eigenvalue weighted by atomic mass is 16.4. The van der Waals surface area contributed by atoms with Crippen molar-refractivity contribution in [1.29, 1.82) is 0 Å². The topological polar surface area (TPSA) is 78.4 Å². The largest absolute Gasteiger partial charge is 0.481 e. The van der Waals surface area contributed by atoms with Gasteiger partial charge in [0, 0.05) is 5.69 Å². The summed E-state index contributed by atoms with van der Waals surface area (Å²) >= 11 is 0. The van der Waals surface area contributed by atoms with Crippen LogP contribution >= 0.6 is 0 Å². The maximum absolute atomic E-state index is 11.3. The molecule has 1 atom stereocenters. The minimum Gasteiger partial charge on any atom is -0.481 e. The first-order chi connectivity index (χ1) is 8.61. The van der Waals surface area contributed by atoms with E-state index in [1.807, 2.05) is 6.07 Å². The van der Waals surface area contributed by atoms with Crippen molar-refractivity contribution in [3.63, 3.8) is 0 Å². The van der Waals surface area contributed by atoms with Crippen LogP contribution in [0.3, 0.4) is 0 Å². The fourth-order valence-corrected chi connectivity index (χ4v) is 2.19. The summed E-state index contributed by atoms with van der Waals surface area (Å²) < 4.78 is 0. The SMILES string of the molecule is CNCCC(C(=O)O)c1ccc2c(c1)CC(=O)N2. The highest BCUT2D eigenvalue weighted by molar-refractivity contribution is 5.99. The molecule has 3 N–H and O–H groups in total. The first-order valence-electron chi connectivity index (χ1n) is 5.92. The molecule has 96 valence electrons. The van der Waals surface area contributed by atoms with Crippen LogP contribution in [0.4, 0.5) is 5.69 Å². The molecule has 0 aliphatic carbocycles. The summed E-state index contributed by atoms with van der Waals surface area (Å²) in [6, 6.07) is 5.38. The van der Waals surface area contributed by atoms with Crippen LogP contribution in [0.25, 0.3) is 0 Å². The van der Waals surface area contributed by atoms with Crippen molar-refractivity contribution in [3.05, 3.63) is 29.3 Å². The van der Waals surface area contributed by atoms with E-state index in [-0.39, 0.29) is 5.91 Å². The summed E-state index contributed by atoms with van der Waals surface area (Å²) in [5.41, 5.74) is 2.43. The smallest absolute Gasteiger partial charge is 0.311 e. The molecule has 5 nitrogen and oxygen atoms in total. The van der Waals surface area contributed by atoms with Crippen molar-refractivity contribution in [2.24, 2.45) is 0 Å². The molecular formula is C13H16N2O3. The molecule has 1 unspecified atom stereocenters. The zero-order valence-electron chi connectivity index (χ0n) is 10.2. The molecule has 1 heterocycles. The number of hydrogen-bond acceptors (Lipinski definition) is 3. The van der Waals surface area contributed by atoms with Crippen LogP contribution in [0.2, 0.25) is 0 Å². The number of hydrogen-bond donors (Lipinski definition) is 3. The Kier molecular flexibility index (Phi) is 3.62. The number of amides is 1. The predicted molar refractivity (Wildman–Crippen MR) is 67.7 cm³/mol. The third-order valence-electron chi connectivity index (χ3n) is 3.14. The molecule has 2 rings (SSSR count). The fourth-order valence-electron chi connectivity index (χ4n) is 2.19. The maximum Gasteiger partial charge on any atom is 0.311 e. The molecule has 1 aromatic rings. The zero-order valence-corrected chi connectivity index (χ0v) is 10.2. The Morgan fingerprint density at radius 3 is 3.00 bits per heavy atom.